The van der Waals surface area contributed by atoms with E-state index in [4.69, 9.17) is 9.52 Å². The Kier molecular flexibility index (Phi) is 5.21. The summed E-state index contributed by atoms with van der Waals surface area (Å²) in [6.07, 6.45) is 0. The summed E-state index contributed by atoms with van der Waals surface area (Å²) in [6.45, 7) is 8.07. The molecule has 0 bridgehead atoms. The van der Waals surface area contributed by atoms with Gasteiger partial charge in [-0.05, 0) is 20.4 Å². The summed E-state index contributed by atoms with van der Waals surface area (Å²) in [6, 6.07) is 0.691. The molecule has 1 aromatic heterocycles. The molecule has 0 unspecified atom stereocenters. The van der Waals surface area contributed by atoms with Crippen LogP contribution in [-0.4, -0.2) is 41.0 Å². The van der Waals surface area contributed by atoms with Gasteiger partial charge in [-0.3, -0.25) is 0 Å². The van der Waals surface area contributed by atoms with Crippen LogP contribution in [0.4, 0.5) is 6.01 Å². The predicted molar refractivity (Wildman–Crippen MR) is 61.2 cm³/mol. The van der Waals surface area contributed by atoms with Crippen molar-refractivity contribution >= 4 is 6.01 Å². The van der Waals surface area contributed by atoms with Gasteiger partial charge >= 0.3 is 6.01 Å². The highest BCUT2D eigenvalue weighted by Crippen LogP contribution is 2.14. The minimum absolute atomic E-state index is 0.0725. The summed E-state index contributed by atoms with van der Waals surface area (Å²) in [5, 5.41) is 20.0. The largest absolute Gasteiger partial charge is 0.407 e. The van der Waals surface area contributed by atoms with E-state index in [-0.39, 0.29) is 12.6 Å². The van der Waals surface area contributed by atoms with Gasteiger partial charge in [-0.15, -0.1) is 5.10 Å². The number of hydrogen-bond acceptors (Lipinski definition) is 6. The van der Waals surface area contributed by atoms with Crippen LogP contribution in [0.3, 0.4) is 0 Å². The molecule has 0 aliphatic carbocycles. The first kappa shape index (κ1) is 12.9. The first-order valence-electron chi connectivity index (χ1n) is 5.59. The maximum Gasteiger partial charge on any atom is 0.318 e. The third-order valence-corrected chi connectivity index (χ3v) is 2.19. The van der Waals surface area contributed by atoms with Crippen molar-refractivity contribution in [1.29, 1.82) is 0 Å². The SMILES string of the molecule is CCNCc1nnc(N(CCO)C(C)C)o1. The Morgan fingerprint density at radius 1 is 1.44 bits per heavy atom. The molecule has 92 valence electrons. The Labute approximate surface area is 95.7 Å². The fourth-order valence-corrected chi connectivity index (χ4v) is 1.35. The zero-order valence-corrected chi connectivity index (χ0v) is 10.1. The molecule has 6 nitrogen and oxygen atoms in total. The van der Waals surface area contributed by atoms with Crippen LogP contribution in [0.5, 0.6) is 0 Å². The number of rotatable bonds is 7. The highest BCUT2D eigenvalue weighted by Gasteiger charge is 2.16. The average molecular weight is 228 g/mol. The monoisotopic (exact) mass is 228 g/mol. The molecule has 0 saturated carbocycles. The molecule has 1 rings (SSSR count). The van der Waals surface area contributed by atoms with Gasteiger partial charge in [0.25, 0.3) is 0 Å². The van der Waals surface area contributed by atoms with Crippen molar-refractivity contribution < 1.29 is 9.52 Å². The lowest BCUT2D eigenvalue weighted by Crippen LogP contribution is -2.33. The van der Waals surface area contributed by atoms with E-state index < -0.39 is 0 Å². The normalized spacial score (nSPS) is 11.1. The van der Waals surface area contributed by atoms with Crippen molar-refractivity contribution in [2.24, 2.45) is 0 Å². The van der Waals surface area contributed by atoms with E-state index in [0.29, 0.717) is 25.0 Å². The molecule has 0 saturated heterocycles. The van der Waals surface area contributed by atoms with E-state index in [1.807, 2.05) is 25.7 Å². The summed E-state index contributed by atoms with van der Waals surface area (Å²) >= 11 is 0. The Balaban J connectivity index is 2.65. The number of aliphatic hydroxyl groups excluding tert-OH is 1. The van der Waals surface area contributed by atoms with Crippen molar-refractivity contribution in [1.82, 2.24) is 15.5 Å². The quantitative estimate of drug-likeness (QED) is 0.703. The number of aliphatic hydroxyl groups is 1. The fraction of sp³-hybridized carbons (Fsp3) is 0.800. The maximum atomic E-state index is 8.95. The lowest BCUT2D eigenvalue weighted by Gasteiger charge is -2.22. The van der Waals surface area contributed by atoms with Crippen LogP contribution in [0.2, 0.25) is 0 Å². The second-order valence-electron chi connectivity index (χ2n) is 3.77. The Morgan fingerprint density at radius 3 is 2.75 bits per heavy atom. The standard InChI is InChI=1S/C10H20N4O2/c1-4-11-7-9-12-13-10(16-9)14(5-6-15)8(2)3/h8,11,15H,4-7H2,1-3H3. The highest BCUT2D eigenvalue weighted by molar-refractivity contribution is 5.25. The summed E-state index contributed by atoms with van der Waals surface area (Å²) in [7, 11) is 0. The smallest absolute Gasteiger partial charge is 0.318 e. The molecule has 0 atom stereocenters. The number of anilines is 1. The molecule has 0 amide bonds. The lowest BCUT2D eigenvalue weighted by atomic mass is 10.3. The van der Waals surface area contributed by atoms with Crippen LogP contribution in [0.25, 0.3) is 0 Å². The van der Waals surface area contributed by atoms with Crippen LogP contribution in [-0.2, 0) is 6.54 Å². The van der Waals surface area contributed by atoms with Gasteiger partial charge in [0.05, 0.1) is 13.2 Å². The van der Waals surface area contributed by atoms with Crippen LogP contribution < -0.4 is 10.2 Å². The van der Waals surface area contributed by atoms with Gasteiger partial charge in [-0.1, -0.05) is 12.0 Å². The minimum atomic E-state index is 0.0725. The molecule has 0 radical (unpaired) electrons. The molecule has 1 aromatic rings. The second kappa shape index (κ2) is 6.44. The van der Waals surface area contributed by atoms with Crippen molar-refractivity contribution in [3.8, 4) is 0 Å². The zero-order chi connectivity index (χ0) is 12.0. The number of nitrogens with one attached hydrogen (secondary N) is 1. The second-order valence-corrected chi connectivity index (χ2v) is 3.77. The summed E-state index contributed by atoms with van der Waals surface area (Å²) < 4.78 is 5.49. The average Bonchev–Trinajstić information content (AvgIpc) is 2.70. The number of nitrogens with zero attached hydrogens (tertiary/aromatic N) is 3. The van der Waals surface area contributed by atoms with Gasteiger partial charge < -0.3 is 19.7 Å². The Hall–Kier alpha value is -1.14. The number of hydrogen-bond donors (Lipinski definition) is 2. The highest BCUT2D eigenvalue weighted by atomic mass is 16.4. The van der Waals surface area contributed by atoms with Crippen LogP contribution >= 0.6 is 0 Å². The summed E-state index contributed by atoms with van der Waals surface area (Å²) in [5.41, 5.74) is 0. The van der Waals surface area contributed by atoms with Gasteiger partial charge in [-0.2, -0.15) is 0 Å². The Morgan fingerprint density at radius 2 is 2.19 bits per heavy atom. The van der Waals surface area contributed by atoms with E-state index in [1.54, 1.807) is 0 Å². The molecule has 0 aliphatic rings. The number of aromatic nitrogens is 2. The lowest BCUT2D eigenvalue weighted by molar-refractivity contribution is 0.294. The first-order valence-corrected chi connectivity index (χ1v) is 5.59. The molecule has 0 aliphatic heterocycles. The van der Waals surface area contributed by atoms with Gasteiger partial charge in [0.1, 0.15) is 0 Å². The molecule has 2 N–H and O–H groups in total. The topological polar surface area (TPSA) is 74.4 Å². The van der Waals surface area contributed by atoms with Gasteiger partial charge in [0.15, 0.2) is 0 Å². The molecule has 0 aromatic carbocycles. The van der Waals surface area contributed by atoms with Crippen molar-refractivity contribution in [3.63, 3.8) is 0 Å². The van der Waals surface area contributed by atoms with E-state index in [1.165, 1.54) is 0 Å². The Bertz CT molecular complexity index is 301. The third kappa shape index (κ3) is 3.46. The first-order chi connectivity index (χ1) is 7.69. The molecule has 16 heavy (non-hydrogen) atoms. The van der Waals surface area contributed by atoms with E-state index >= 15 is 0 Å². The third-order valence-electron chi connectivity index (χ3n) is 2.19. The summed E-state index contributed by atoms with van der Waals surface area (Å²) in [5.74, 6) is 0.570. The molecular formula is C10H20N4O2. The predicted octanol–water partition coefficient (Wildman–Crippen LogP) is 0.386. The van der Waals surface area contributed by atoms with Crippen LogP contribution in [0.1, 0.15) is 26.7 Å². The maximum absolute atomic E-state index is 8.95. The van der Waals surface area contributed by atoms with Gasteiger partial charge in [0, 0.05) is 12.6 Å². The van der Waals surface area contributed by atoms with Crippen molar-refractivity contribution in [2.75, 3.05) is 24.6 Å². The van der Waals surface area contributed by atoms with E-state index in [0.717, 1.165) is 6.54 Å². The van der Waals surface area contributed by atoms with E-state index in [9.17, 15) is 0 Å². The molecule has 6 heteroatoms. The van der Waals surface area contributed by atoms with Gasteiger partial charge in [0.2, 0.25) is 5.89 Å². The summed E-state index contributed by atoms with van der Waals surface area (Å²) in [4.78, 5) is 1.88. The van der Waals surface area contributed by atoms with Gasteiger partial charge in [-0.25, -0.2) is 0 Å². The van der Waals surface area contributed by atoms with Crippen molar-refractivity contribution in [2.45, 2.75) is 33.4 Å². The molecular weight excluding hydrogens is 208 g/mol. The minimum Gasteiger partial charge on any atom is -0.407 e. The fourth-order valence-electron chi connectivity index (χ4n) is 1.35. The van der Waals surface area contributed by atoms with Crippen molar-refractivity contribution in [3.05, 3.63) is 5.89 Å². The van der Waals surface area contributed by atoms with Crippen LogP contribution in [0.15, 0.2) is 4.42 Å². The van der Waals surface area contributed by atoms with Crippen LogP contribution in [0, 0.1) is 0 Å². The molecule has 0 spiro atoms. The zero-order valence-electron chi connectivity index (χ0n) is 10.1. The molecule has 0 fully saturated rings. The van der Waals surface area contributed by atoms with E-state index in [2.05, 4.69) is 15.5 Å². The molecule has 1 heterocycles.